The first-order chi connectivity index (χ1) is 9.63. The fraction of sp³-hybridized carbons (Fsp3) is 0.938. The Balaban J connectivity index is 2.55. The SMILES string of the molecule is CCC(CC)N(CCO)CC(=O)N(C)C1CCCCC1. The Hall–Kier alpha value is -0.610. The molecule has 0 heterocycles. The zero-order valence-electron chi connectivity index (χ0n) is 13.5. The Morgan fingerprint density at radius 1 is 1.20 bits per heavy atom. The van der Waals surface area contributed by atoms with Crippen LogP contribution in [0.25, 0.3) is 0 Å². The lowest BCUT2D eigenvalue weighted by Crippen LogP contribution is -2.47. The molecular weight excluding hydrogens is 252 g/mol. The van der Waals surface area contributed by atoms with Gasteiger partial charge < -0.3 is 10.0 Å². The second-order valence-corrected chi connectivity index (χ2v) is 5.96. The molecule has 0 aromatic carbocycles. The number of aliphatic hydroxyl groups excluding tert-OH is 1. The number of carbonyl (C=O) groups is 1. The van der Waals surface area contributed by atoms with Gasteiger partial charge in [0.25, 0.3) is 0 Å². The average Bonchev–Trinajstić information content (AvgIpc) is 2.48. The topological polar surface area (TPSA) is 43.8 Å². The van der Waals surface area contributed by atoms with Gasteiger partial charge in [-0.3, -0.25) is 9.69 Å². The van der Waals surface area contributed by atoms with Gasteiger partial charge >= 0.3 is 0 Å². The van der Waals surface area contributed by atoms with E-state index in [4.69, 9.17) is 0 Å². The van der Waals surface area contributed by atoms with Gasteiger partial charge in [0.15, 0.2) is 0 Å². The smallest absolute Gasteiger partial charge is 0.236 e. The molecule has 118 valence electrons. The zero-order chi connectivity index (χ0) is 15.0. The lowest BCUT2D eigenvalue weighted by molar-refractivity contribution is -0.134. The Kier molecular flexibility index (Phi) is 8.15. The molecule has 0 spiro atoms. The third-order valence-corrected chi connectivity index (χ3v) is 4.70. The van der Waals surface area contributed by atoms with Crippen LogP contribution < -0.4 is 0 Å². The average molecular weight is 284 g/mol. The number of hydrogen-bond donors (Lipinski definition) is 1. The summed E-state index contributed by atoms with van der Waals surface area (Å²) in [7, 11) is 1.95. The molecule has 20 heavy (non-hydrogen) atoms. The molecule has 0 aromatic heterocycles. The van der Waals surface area contributed by atoms with Gasteiger partial charge in [0, 0.05) is 25.7 Å². The standard InChI is InChI=1S/C16H32N2O2/c1-4-14(5-2)18(11-12-19)13-16(20)17(3)15-9-7-6-8-10-15/h14-15,19H,4-13H2,1-3H3. The molecule has 0 unspecified atom stereocenters. The highest BCUT2D eigenvalue weighted by molar-refractivity contribution is 5.78. The number of hydrogen-bond acceptors (Lipinski definition) is 3. The number of aliphatic hydroxyl groups is 1. The Morgan fingerprint density at radius 3 is 2.30 bits per heavy atom. The molecule has 0 radical (unpaired) electrons. The summed E-state index contributed by atoms with van der Waals surface area (Å²) in [4.78, 5) is 16.6. The summed E-state index contributed by atoms with van der Waals surface area (Å²) < 4.78 is 0. The van der Waals surface area contributed by atoms with Crippen LogP contribution in [0.5, 0.6) is 0 Å². The van der Waals surface area contributed by atoms with Gasteiger partial charge in [-0.2, -0.15) is 0 Å². The van der Waals surface area contributed by atoms with Crippen LogP contribution in [0, 0.1) is 0 Å². The molecule has 1 rings (SSSR count). The molecule has 4 heteroatoms. The van der Waals surface area contributed by atoms with Crippen molar-refractivity contribution < 1.29 is 9.90 Å². The lowest BCUT2D eigenvalue weighted by Gasteiger charge is -2.35. The predicted octanol–water partition coefficient (Wildman–Crippen LogP) is 2.26. The summed E-state index contributed by atoms with van der Waals surface area (Å²) >= 11 is 0. The fourth-order valence-electron chi connectivity index (χ4n) is 3.28. The van der Waals surface area contributed by atoms with Crippen molar-refractivity contribution in [3.8, 4) is 0 Å². The molecule has 4 nitrogen and oxygen atoms in total. The maximum Gasteiger partial charge on any atom is 0.236 e. The van der Waals surface area contributed by atoms with Crippen molar-refractivity contribution >= 4 is 5.91 Å². The minimum atomic E-state index is 0.122. The molecular formula is C16H32N2O2. The molecule has 1 aliphatic rings. The van der Waals surface area contributed by atoms with Crippen LogP contribution in [0.2, 0.25) is 0 Å². The molecule has 1 aliphatic carbocycles. The Labute approximate surface area is 124 Å². The van der Waals surface area contributed by atoms with Crippen molar-refractivity contribution in [1.29, 1.82) is 0 Å². The van der Waals surface area contributed by atoms with Crippen molar-refractivity contribution in [2.24, 2.45) is 0 Å². The molecule has 0 atom stereocenters. The summed E-state index contributed by atoms with van der Waals surface area (Å²) in [5, 5.41) is 9.21. The van der Waals surface area contributed by atoms with E-state index in [-0.39, 0.29) is 12.5 Å². The quantitative estimate of drug-likeness (QED) is 0.743. The van der Waals surface area contributed by atoms with E-state index < -0.39 is 0 Å². The summed E-state index contributed by atoms with van der Waals surface area (Å²) in [5.41, 5.74) is 0. The van der Waals surface area contributed by atoms with Crippen LogP contribution in [0.3, 0.4) is 0 Å². The molecule has 1 fully saturated rings. The fourth-order valence-corrected chi connectivity index (χ4v) is 3.28. The highest BCUT2D eigenvalue weighted by Gasteiger charge is 2.25. The highest BCUT2D eigenvalue weighted by atomic mass is 16.3. The maximum absolute atomic E-state index is 12.5. The molecule has 1 saturated carbocycles. The number of likely N-dealkylation sites (N-methyl/N-ethyl adjacent to an activating group) is 1. The minimum absolute atomic E-state index is 0.122. The van der Waals surface area contributed by atoms with Crippen molar-refractivity contribution in [3.05, 3.63) is 0 Å². The molecule has 1 N–H and O–H groups in total. The van der Waals surface area contributed by atoms with Crippen LogP contribution in [-0.2, 0) is 4.79 Å². The summed E-state index contributed by atoms with van der Waals surface area (Å²) in [6, 6.07) is 0.819. The maximum atomic E-state index is 12.5. The number of carbonyl (C=O) groups excluding carboxylic acids is 1. The van der Waals surface area contributed by atoms with Gasteiger partial charge in [0.05, 0.1) is 13.2 Å². The normalized spacial score (nSPS) is 16.9. The molecule has 0 saturated heterocycles. The van der Waals surface area contributed by atoms with E-state index >= 15 is 0 Å². The summed E-state index contributed by atoms with van der Waals surface area (Å²) in [6.07, 6.45) is 8.14. The van der Waals surface area contributed by atoms with Crippen LogP contribution in [0.1, 0.15) is 58.8 Å². The number of amides is 1. The van der Waals surface area contributed by atoms with E-state index in [1.165, 1.54) is 19.3 Å². The van der Waals surface area contributed by atoms with Crippen LogP contribution in [0.15, 0.2) is 0 Å². The van der Waals surface area contributed by atoms with Crippen molar-refractivity contribution in [3.63, 3.8) is 0 Å². The van der Waals surface area contributed by atoms with E-state index in [9.17, 15) is 9.90 Å². The van der Waals surface area contributed by atoms with Crippen LogP contribution in [0.4, 0.5) is 0 Å². The van der Waals surface area contributed by atoms with Crippen molar-refractivity contribution in [2.75, 3.05) is 26.7 Å². The molecule has 0 aliphatic heterocycles. The van der Waals surface area contributed by atoms with E-state index in [1.54, 1.807) is 0 Å². The van der Waals surface area contributed by atoms with Gasteiger partial charge in [-0.05, 0) is 25.7 Å². The summed E-state index contributed by atoms with van der Waals surface area (Å²) in [6.45, 7) is 5.45. The molecule has 1 amide bonds. The summed E-state index contributed by atoms with van der Waals surface area (Å²) in [5.74, 6) is 0.206. The second kappa shape index (κ2) is 9.35. The highest BCUT2D eigenvalue weighted by Crippen LogP contribution is 2.22. The third-order valence-electron chi connectivity index (χ3n) is 4.70. The largest absolute Gasteiger partial charge is 0.395 e. The molecule has 0 bridgehead atoms. The van der Waals surface area contributed by atoms with E-state index in [2.05, 4.69) is 18.7 Å². The zero-order valence-corrected chi connectivity index (χ0v) is 13.5. The van der Waals surface area contributed by atoms with E-state index in [1.807, 2.05) is 11.9 Å². The monoisotopic (exact) mass is 284 g/mol. The first kappa shape index (κ1) is 17.4. The first-order valence-corrected chi connectivity index (χ1v) is 8.24. The van der Waals surface area contributed by atoms with E-state index in [0.29, 0.717) is 25.2 Å². The number of nitrogens with zero attached hydrogens (tertiary/aromatic N) is 2. The van der Waals surface area contributed by atoms with Gasteiger partial charge in [0.2, 0.25) is 5.91 Å². The third kappa shape index (κ3) is 5.06. The van der Waals surface area contributed by atoms with Gasteiger partial charge in [0.1, 0.15) is 0 Å². The van der Waals surface area contributed by atoms with Crippen LogP contribution >= 0.6 is 0 Å². The van der Waals surface area contributed by atoms with Gasteiger partial charge in [-0.15, -0.1) is 0 Å². The second-order valence-electron chi connectivity index (χ2n) is 5.96. The minimum Gasteiger partial charge on any atom is -0.395 e. The Morgan fingerprint density at radius 2 is 1.80 bits per heavy atom. The van der Waals surface area contributed by atoms with Crippen molar-refractivity contribution in [2.45, 2.75) is 70.9 Å². The van der Waals surface area contributed by atoms with Gasteiger partial charge in [-0.25, -0.2) is 0 Å². The predicted molar refractivity (Wildman–Crippen MR) is 82.7 cm³/mol. The number of rotatable bonds is 8. The van der Waals surface area contributed by atoms with E-state index in [0.717, 1.165) is 25.7 Å². The molecule has 0 aromatic rings. The Bertz CT molecular complexity index is 274. The van der Waals surface area contributed by atoms with Crippen molar-refractivity contribution in [1.82, 2.24) is 9.80 Å². The van der Waals surface area contributed by atoms with Gasteiger partial charge in [-0.1, -0.05) is 33.1 Å². The van der Waals surface area contributed by atoms with Crippen LogP contribution in [-0.4, -0.2) is 59.6 Å². The first-order valence-electron chi connectivity index (χ1n) is 8.24. The lowest BCUT2D eigenvalue weighted by atomic mass is 9.94.